The lowest BCUT2D eigenvalue weighted by atomic mass is 9.95. The van der Waals surface area contributed by atoms with E-state index in [2.05, 4.69) is 6.58 Å². The fourth-order valence-electron chi connectivity index (χ4n) is 2.83. The van der Waals surface area contributed by atoms with Gasteiger partial charge in [-0.05, 0) is 17.7 Å². The standard InChI is InChI=1S/C19H23NO5/c1-4-10-25-14-8-6-7-13(12-14)17-16(15(21)5-2)18(22)19(23)20(17)9-11-24-3/h4,6-8,12,17,22H,1,5,9-11H2,2-3H3. The van der Waals surface area contributed by atoms with Crippen molar-refractivity contribution in [2.24, 2.45) is 0 Å². The molecule has 0 radical (unpaired) electrons. The number of ketones is 1. The van der Waals surface area contributed by atoms with Gasteiger partial charge in [0.25, 0.3) is 5.91 Å². The zero-order chi connectivity index (χ0) is 18.4. The molecule has 1 N–H and O–H groups in total. The van der Waals surface area contributed by atoms with E-state index >= 15 is 0 Å². The Balaban J connectivity index is 2.45. The molecule has 0 fully saturated rings. The summed E-state index contributed by atoms with van der Waals surface area (Å²) < 4.78 is 10.6. The number of aliphatic hydroxyl groups is 1. The fourth-order valence-corrected chi connectivity index (χ4v) is 2.83. The largest absolute Gasteiger partial charge is 0.503 e. The molecule has 1 aliphatic rings. The molecule has 1 aromatic carbocycles. The van der Waals surface area contributed by atoms with Crippen LogP contribution in [0.2, 0.25) is 0 Å². The monoisotopic (exact) mass is 345 g/mol. The third kappa shape index (κ3) is 3.91. The van der Waals surface area contributed by atoms with Gasteiger partial charge < -0.3 is 19.5 Å². The number of methoxy groups -OCH3 is 1. The van der Waals surface area contributed by atoms with Crippen molar-refractivity contribution in [2.75, 3.05) is 26.9 Å². The molecule has 1 atom stereocenters. The van der Waals surface area contributed by atoms with Crippen LogP contribution in [0, 0.1) is 0 Å². The summed E-state index contributed by atoms with van der Waals surface area (Å²) in [7, 11) is 1.53. The highest BCUT2D eigenvalue weighted by Gasteiger charge is 2.42. The Labute approximate surface area is 147 Å². The Bertz CT molecular complexity index is 695. The third-order valence-corrected chi connectivity index (χ3v) is 4.00. The summed E-state index contributed by atoms with van der Waals surface area (Å²) in [6.45, 7) is 6.23. The van der Waals surface area contributed by atoms with Gasteiger partial charge in [-0.3, -0.25) is 9.59 Å². The Morgan fingerprint density at radius 3 is 2.84 bits per heavy atom. The summed E-state index contributed by atoms with van der Waals surface area (Å²) in [6.07, 6.45) is 1.84. The number of ether oxygens (including phenoxy) is 2. The minimum absolute atomic E-state index is 0.129. The van der Waals surface area contributed by atoms with E-state index in [4.69, 9.17) is 9.47 Å². The Hall–Kier alpha value is -2.60. The first-order valence-corrected chi connectivity index (χ1v) is 8.15. The lowest BCUT2D eigenvalue weighted by molar-refractivity contribution is -0.130. The molecule has 1 aromatic rings. The molecule has 0 spiro atoms. The first kappa shape index (κ1) is 18.7. The summed E-state index contributed by atoms with van der Waals surface area (Å²) in [5, 5.41) is 10.3. The molecule has 2 rings (SSSR count). The summed E-state index contributed by atoms with van der Waals surface area (Å²) in [5.41, 5.74) is 0.830. The zero-order valence-corrected chi connectivity index (χ0v) is 14.5. The number of benzene rings is 1. The number of hydrogen-bond donors (Lipinski definition) is 1. The second-order valence-corrected chi connectivity index (χ2v) is 5.61. The highest BCUT2D eigenvalue weighted by molar-refractivity contribution is 6.08. The summed E-state index contributed by atoms with van der Waals surface area (Å²) in [4.78, 5) is 26.3. The minimum Gasteiger partial charge on any atom is -0.503 e. The van der Waals surface area contributed by atoms with Crippen LogP contribution in [0.15, 0.2) is 48.3 Å². The molecule has 6 heteroatoms. The highest BCUT2D eigenvalue weighted by atomic mass is 16.5. The highest BCUT2D eigenvalue weighted by Crippen LogP contribution is 2.38. The molecule has 1 amide bonds. The van der Waals surface area contributed by atoms with Crippen molar-refractivity contribution >= 4 is 11.7 Å². The SMILES string of the molecule is C=CCOc1cccc(C2C(C(=O)CC)=C(O)C(=O)N2CCOC)c1. The van der Waals surface area contributed by atoms with Crippen LogP contribution < -0.4 is 4.74 Å². The molecule has 1 aliphatic heterocycles. The van der Waals surface area contributed by atoms with Gasteiger partial charge >= 0.3 is 0 Å². The van der Waals surface area contributed by atoms with E-state index < -0.39 is 17.7 Å². The molecule has 25 heavy (non-hydrogen) atoms. The van der Waals surface area contributed by atoms with Crippen molar-refractivity contribution in [1.82, 2.24) is 4.90 Å². The maximum absolute atomic E-state index is 12.4. The van der Waals surface area contributed by atoms with Gasteiger partial charge in [-0.25, -0.2) is 0 Å². The normalized spacial score (nSPS) is 17.1. The van der Waals surface area contributed by atoms with Crippen molar-refractivity contribution < 1.29 is 24.2 Å². The van der Waals surface area contributed by atoms with Crippen LogP contribution in [0.3, 0.4) is 0 Å². The number of nitrogens with zero attached hydrogens (tertiary/aromatic N) is 1. The van der Waals surface area contributed by atoms with E-state index in [9.17, 15) is 14.7 Å². The van der Waals surface area contributed by atoms with Gasteiger partial charge in [-0.15, -0.1) is 0 Å². The second kappa shape index (κ2) is 8.48. The van der Waals surface area contributed by atoms with E-state index in [1.807, 2.05) is 0 Å². The van der Waals surface area contributed by atoms with Crippen LogP contribution in [0.5, 0.6) is 5.75 Å². The fraction of sp³-hybridized carbons (Fsp3) is 0.368. The molecular formula is C19H23NO5. The van der Waals surface area contributed by atoms with Crippen molar-refractivity contribution in [2.45, 2.75) is 19.4 Å². The molecule has 0 aliphatic carbocycles. The predicted octanol–water partition coefficient (Wildman–Crippen LogP) is 2.57. The second-order valence-electron chi connectivity index (χ2n) is 5.61. The van der Waals surface area contributed by atoms with Crippen LogP contribution in [-0.4, -0.2) is 48.6 Å². The van der Waals surface area contributed by atoms with Gasteiger partial charge in [0, 0.05) is 20.1 Å². The molecular weight excluding hydrogens is 322 g/mol. The number of hydrogen-bond acceptors (Lipinski definition) is 5. The molecule has 1 heterocycles. The van der Waals surface area contributed by atoms with Crippen LogP contribution in [0.25, 0.3) is 0 Å². The molecule has 6 nitrogen and oxygen atoms in total. The van der Waals surface area contributed by atoms with E-state index in [1.54, 1.807) is 37.3 Å². The average molecular weight is 345 g/mol. The van der Waals surface area contributed by atoms with E-state index in [0.717, 1.165) is 0 Å². The maximum Gasteiger partial charge on any atom is 0.290 e. The average Bonchev–Trinajstić information content (AvgIpc) is 2.88. The Morgan fingerprint density at radius 2 is 2.20 bits per heavy atom. The molecule has 134 valence electrons. The number of carbonyl (C=O) groups excluding carboxylic acids is 2. The predicted molar refractivity (Wildman–Crippen MR) is 93.4 cm³/mol. The molecule has 0 aromatic heterocycles. The molecule has 0 saturated heterocycles. The van der Waals surface area contributed by atoms with E-state index in [0.29, 0.717) is 24.5 Å². The Kier molecular flexibility index (Phi) is 6.36. The van der Waals surface area contributed by atoms with Gasteiger partial charge in [-0.1, -0.05) is 31.7 Å². The molecule has 1 unspecified atom stereocenters. The van der Waals surface area contributed by atoms with Crippen molar-refractivity contribution in [3.05, 3.63) is 53.8 Å². The van der Waals surface area contributed by atoms with Gasteiger partial charge in [0.1, 0.15) is 12.4 Å². The quantitative estimate of drug-likeness (QED) is 0.696. The van der Waals surface area contributed by atoms with Gasteiger partial charge in [-0.2, -0.15) is 0 Å². The number of amides is 1. The smallest absolute Gasteiger partial charge is 0.290 e. The summed E-state index contributed by atoms with van der Waals surface area (Å²) in [6, 6.07) is 6.50. The first-order valence-electron chi connectivity index (χ1n) is 8.15. The van der Waals surface area contributed by atoms with Crippen LogP contribution in [-0.2, 0) is 14.3 Å². The van der Waals surface area contributed by atoms with E-state index in [1.165, 1.54) is 12.0 Å². The maximum atomic E-state index is 12.4. The van der Waals surface area contributed by atoms with Gasteiger partial charge in [0.15, 0.2) is 11.5 Å². The zero-order valence-electron chi connectivity index (χ0n) is 14.5. The number of Topliss-reactive ketones (excluding diaryl/α,β-unsaturated/α-hetero) is 1. The topological polar surface area (TPSA) is 76.1 Å². The van der Waals surface area contributed by atoms with Gasteiger partial charge in [0.05, 0.1) is 18.2 Å². The van der Waals surface area contributed by atoms with Crippen LogP contribution in [0.4, 0.5) is 0 Å². The summed E-state index contributed by atoms with van der Waals surface area (Å²) >= 11 is 0. The summed E-state index contributed by atoms with van der Waals surface area (Å²) in [5.74, 6) is -0.693. The van der Waals surface area contributed by atoms with Crippen LogP contribution >= 0.6 is 0 Å². The molecule has 0 bridgehead atoms. The third-order valence-electron chi connectivity index (χ3n) is 4.00. The lowest BCUT2D eigenvalue weighted by Crippen LogP contribution is -2.33. The van der Waals surface area contributed by atoms with Crippen molar-refractivity contribution in [1.29, 1.82) is 0 Å². The van der Waals surface area contributed by atoms with E-state index in [-0.39, 0.29) is 24.3 Å². The van der Waals surface area contributed by atoms with Crippen molar-refractivity contribution in [3.8, 4) is 5.75 Å². The number of rotatable bonds is 9. The molecule has 0 saturated carbocycles. The number of carbonyl (C=O) groups is 2. The van der Waals surface area contributed by atoms with Gasteiger partial charge in [0.2, 0.25) is 0 Å². The van der Waals surface area contributed by atoms with Crippen molar-refractivity contribution in [3.63, 3.8) is 0 Å². The lowest BCUT2D eigenvalue weighted by Gasteiger charge is -2.26. The first-order chi connectivity index (χ1) is 12.0. The van der Waals surface area contributed by atoms with Crippen LogP contribution in [0.1, 0.15) is 24.9 Å². The Morgan fingerprint density at radius 1 is 1.44 bits per heavy atom. The minimum atomic E-state index is -0.651. The number of aliphatic hydroxyl groups excluding tert-OH is 1.